The SMILES string of the molecule is CC1CCC(C)N1CCCCCC1(C(=N)N)C=CC=C(C2CNc3ccccc3C2)C1=O. The molecule has 0 amide bonds. The molecule has 4 rings (SSSR count). The van der Waals surface area contributed by atoms with Crippen LogP contribution in [0.2, 0.25) is 0 Å². The number of ketones is 1. The summed E-state index contributed by atoms with van der Waals surface area (Å²) in [6.45, 7) is 6.51. The summed E-state index contributed by atoms with van der Waals surface area (Å²) in [5.41, 5.74) is 8.30. The van der Waals surface area contributed by atoms with E-state index in [9.17, 15) is 4.79 Å². The van der Waals surface area contributed by atoms with Gasteiger partial charge in [0, 0.05) is 35.8 Å². The maximum atomic E-state index is 13.7. The summed E-state index contributed by atoms with van der Waals surface area (Å²) in [6, 6.07) is 9.65. The molecule has 5 heteroatoms. The van der Waals surface area contributed by atoms with E-state index < -0.39 is 5.41 Å². The van der Waals surface area contributed by atoms with Gasteiger partial charge in [-0.25, -0.2) is 0 Å². The van der Waals surface area contributed by atoms with Crippen LogP contribution in [0.4, 0.5) is 5.69 Å². The van der Waals surface area contributed by atoms with Crippen molar-refractivity contribution in [2.24, 2.45) is 17.1 Å². The summed E-state index contributed by atoms with van der Waals surface area (Å²) >= 11 is 0. The first kappa shape index (κ1) is 22.8. The Morgan fingerprint density at radius 2 is 1.94 bits per heavy atom. The number of amidine groups is 1. The highest BCUT2D eigenvalue weighted by Gasteiger charge is 2.43. The van der Waals surface area contributed by atoms with Crippen molar-refractivity contribution in [3.8, 4) is 0 Å². The van der Waals surface area contributed by atoms with E-state index in [0.29, 0.717) is 18.5 Å². The molecule has 2 heterocycles. The molecule has 0 radical (unpaired) electrons. The molecule has 1 aliphatic carbocycles. The molecule has 1 fully saturated rings. The van der Waals surface area contributed by atoms with Crippen LogP contribution in [0, 0.1) is 16.7 Å². The molecular formula is C27H38N4O. The van der Waals surface area contributed by atoms with Crippen molar-refractivity contribution in [1.29, 1.82) is 5.41 Å². The van der Waals surface area contributed by atoms with E-state index in [1.54, 1.807) is 0 Å². The van der Waals surface area contributed by atoms with Crippen molar-refractivity contribution in [2.75, 3.05) is 18.4 Å². The second-order valence-electron chi connectivity index (χ2n) is 9.96. The van der Waals surface area contributed by atoms with Gasteiger partial charge in [0.25, 0.3) is 0 Å². The number of nitrogens with zero attached hydrogens (tertiary/aromatic N) is 1. The van der Waals surface area contributed by atoms with E-state index in [0.717, 1.165) is 50.0 Å². The van der Waals surface area contributed by atoms with Crippen molar-refractivity contribution in [2.45, 2.75) is 70.9 Å². The lowest BCUT2D eigenvalue weighted by Gasteiger charge is -2.35. The molecule has 5 nitrogen and oxygen atoms in total. The smallest absolute Gasteiger partial charge is 0.176 e. The van der Waals surface area contributed by atoms with E-state index >= 15 is 0 Å². The number of anilines is 1. The first-order valence-electron chi connectivity index (χ1n) is 12.3. The summed E-state index contributed by atoms with van der Waals surface area (Å²) in [4.78, 5) is 16.3. The standard InChI is InChI=1S/C27H38N4O/c1-19-12-13-20(2)31(19)16-7-3-6-14-27(26(28)29)15-8-10-23(25(27)32)22-17-21-9-4-5-11-24(21)30-18-22/h4-5,8-11,15,19-20,22,30H,3,6-7,12-14,16-18H2,1-2H3,(H3,28,29). The number of hydrogen-bond acceptors (Lipinski definition) is 4. The number of allylic oxidation sites excluding steroid dienone is 2. The number of Topliss-reactive ketones (excluding diaryl/α,β-unsaturated/α-hetero) is 1. The number of likely N-dealkylation sites (tertiary alicyclic amines) is 1. The van der Waals surface area contributed by atoms with Gasteiger partial charge >= 0.3 is 0 Å². The van der Waals surface area contributed by atoms with Crippen molar-refractivity contribution < 1.29 is 4.79 Å². The lowest BCUT2D eigenvalue weighted by molar-refractivity contribution is -0.120. The van der Waals surface area contributed by atoms with Gasteiger partial charge in [-0.15, -0.1) is 0 Å². The number of benzene rings is 1. The molecule has 3 aliphatic rings. The van der Waals surface area contributed by atoms with Gasteiger partial charge in [-0.1, -0.05) is 49.3 Å². The minimum Gasteiger partial charge on any atom is -0.387 e. The van der Waals surface area contributed by atoms with Gasteiger partial charge in [0.15, 0.2) is 5.78 Å². The molecule has 1 saturated heterocycles. The average molecular weight is 435 g/mol. The predicted molar refractivity (Wildman–Crippen MR) is 132 cm³/mol. The number of rotatable bonds is 8. The first-order valence-corrected chi connectivity index (χ1v) is 12.3. The Morgan fingerprint density at radius 3 is 2.69 bits per heavy atom. The number of para-hydroxylation sites is 1. The van der Waals surface area contributed by atoms with Crippen LogP contribution in [0.1, 0.15) is 57.9 Å². The fraction of sp³-hybridized carbons (Fsp3) is 0.556. The van der Waals surface area contributed by atoms with Gasteiger partial charge < -0.3 is 11.1 Å². The molecule has 1 aromatic rings. The highest BCUT2D eigenvalue weighted by atomic mass is 16.1. The fourth-order valence-electron chi connectivity index (χ4n) is 5.82. The highest BCUT2D eigenvalue weighted by Crippen LogP contribution is 2.39. The van der Waals surface area contributed by atoms with Crippen LogP contribution in [0.15, 0.2) is 48.1 Å². The molecule has 32 heavy (non-hydrogen) atoms. The van der Waals surface area contributed by atoms with E-state index in [4.69, 9.17) is 11.1 Å². The minimum absolute atomic E-state index is 0.0182. The third-order valence-corrected chi connectivity index (χ3v) is 7.89. The number of hydrogen-bond donors (Lipinski definition) is 3. The van der Waals surface area contributed by atoms with Gasteiger partial charge in [0.1, 0.15) is 11.3 Å². The topological polar surface area (TPSA) is 82.2 Å². The van der Waals surface area contributed by atoms with Gasteiger partial charge in [0.05, 0.1) is 0 Å². The molecule has 0 saturated carbocycles. The van der Waals surface area contributed by atoms with Crippen molar-refractivity contribution in [3.05, 3.63) is 53.6 Å². The number of carbonyl (C=O) groups excluding carboxylic acids is 1. The second-order valence-corrected chi connectivity index (χ2v) is 9.96. The summed E-state index contributed by atoms with van der Waals surface area (Å²) in [5.74, 6) is 0.120. The van der Waals surface area contributed by atoms with Gasteiger partial charge in [-0.3, -0.25) is 15.1 Å². The Morgan fingerprint density at radius 1 is 1.19 bits per heavy atom. The van der Waals surface area contributed by atoms with E-state index in [2.05, 4.69) is 36.2 Å². The summed E-state index contributed by atoms with van der Waals surface area (Å²) < 4.78 is 0. The zero-order valence-electron chi connectivity index (χ0n) is 19.6. The predicted octanol–water partition coefficient (Wildman–Crippen LogP) is 4.69. The van der Waals surface area contributed by atoms with Crippen LogP contribution in [-0.4, -0.2) is 41.7 Å². The molecule has 172 valence electrons. The zero-order valence-corrected chi connectivity index (χ0v) is 19.6. The highest BCUT2D eigenvalue weighted by molar-refractivity contribution is 6.17. The minimum atomic E-state index is -0.977. The monoisotopic (exact) mass is 434 g/mol. The second kappa shape index (κ2) is 9.62. The molecule has 4 N–H and O–H groups in total. The molecule has 0 bridgehead atoms. The number of nitrogens with two attached hydrogens (primary N) is 1. The van der Waals surface area contributed by atoms with Gasteiger partial charge in [-0.2, -0.15) is 0 Å². The summed E-state index contributed by atoms with van der Waals surface area (Å²) in [7, 11) is 0. The van der Waals surface area contributed by atoms with Crippen LogP contribution in [0.5, 0.6) is 0 Å². The van der Waals surface area contributed by atoms with Crippen molar-refractivity contribution in [3.63, 3.8) is 0 Å². The van der Waals surface area contributed by atoms with Crippen LogP contribution in [0.25, 0.3) is 0 Å². The van der Waals surface area contributed by atoms with Crippen molar-refractivity contribution >= 4 is 17.3 Å². The molecule has 1 aromatic carbocycles. The van der Waals surface area contributed by atoms with E-state index in [1.165, 1.54) is 18.4 Å². The normalized spacial score (nSPS) is 30.0. The maximum absolute atomic E-state index is 13.7. The number of carbonyl (C=O) groups is 1. The Bertz CT molecular complexity index is 910. The molecule has 2 aliphatic heterocycles. The Kier molecular flexibility index (Phi) is 6.85. The average Bonchev–Trinajstić information content (AvgIpc) is 3.11. The number of nitrogens with one attached hydrogen (secondary N) is 2. The summed E-state index contributed by atoms with van der Waals surface area (Å²) in [5, 5.41) is 11.8. The lowest BCUT2D eigenvalue weighted by atomic mass is 9.69. The molecule has 0 aromatic heterocycles. The fourth-order valence-corrected chi connectivity index (χ4v) is 5.82. The molecular weight excluding hydrogens is 396 g/mol. The zero-order chi connectivity index (χ0) is 22.7. The lowest BCUT2D eigenvalue weighted by Crippen LogP contribution is -2.46. The van der Waals surface area contributed by atoms with Crippen molar-refractivity contribution in [1.82, 2.24) is 4.90 Å². The van der Waals surface area contributed by atoms with Gasteiger partial charge in [-0.05, 0) is 64.1 Å². The first-order chi connectivity index (χ1) is 15.4. The van der Waals surface area contributed by atoms with E-state index in [1.807, 2.05) is 30.4 Å². The molecule has 4 atom stereocenters. The summed E-state index contributed by atoms with van der Waals surface area (Å²) in [6.07, 6.45) is 12.9. The van der Waals surface area contributed by atoms with Crippen LogP contribution in [-0.2, 0) is 11.2 Å². The third-order valence-electron chi connectivity index (χ3n) is 7.89. The Balaban J connectivity index is 1.37. The van der Waals surface area contributed by atoms with E-state index in [-0.39, 0.29) is 17.5 Å². The molecule has 4 unspecified atom stereocenters. The van der Waals surface area contributed by atoms with Crippen LogP contribution >= 0.6 is 0 Å². The quantitative estimate of drug-likeness (QED) is 0.315. The largest absolute Gasteiger partial charge is 0.387 e. The Labute approximate surface area is 192 Å². The third kappa shape index (κ3) is 4.40. The molecule has 0 spiro atoms. The van der Waals surface area contributed by atoms with Gasteiger partial charge in [0.2, 0.25) is 0 Å². The number of fused-ring (bicyclic) bond motifs is 1. The van der Waals surface area contributed by atoms with Crippen LogP contribution < -0.4 is 11.1 Å². The Hall–Kier alpha value is -2.40. The van der Waals surface area contributed by atoms with Crippen LogP contribution in [0.3, 0.4) is 0 Å². The number of unbranched alkanes of at least 4 members (excludes halogenated alkanes) is 2. The maximum Gasteiger partial charge on any atom is 0.176 e.